The molecule has 1 fully saturated rings. The van der Waals surface area contributed by atoms with E-state index >= 15 is 0 Å². The topological polar surface area (TPSA) is 95.0 Å². The molecule has 0 bridgehead atoms. The molecule has 8 nitrogen and oxygen atoms in total. The number of pyridine rings is 1. The summed E-state index contributed by atoms with van der Waals surface area (Å²) in [4.78, 5) is 16.3. The van der Waals surface area contributed by atoms with Crippen LogP contribution in [0, 0.1) is 5.92 Å². The van der Waals surface area contributed by atoms with Crippen molar-refractivity contribution in [3.63, 3.8) is 0 Å². The predicted octanol–water partition coefficient (Wildman–Crippen LogP) is 3.30. The summed E-state index contributed by atoms with van der Waals surface area (Å²) in [7, 11) is -3.76. The van der Waals surface area contributed by atoms with Crippen molar-refractivity contribution >= 4 is 39.2 Å². The molecule has 1 saturated heterocycles. The van der Waals surface area contributed by atoms with Crippen LogP contribution in [0.15, 0.2) is 35.4 Å². The normalized spacial score (nSPS) is 17.4. The van der Waals surface area contributed by atoms with Crippen LogP contribution in [0.3, 0.4) is 0 Å². The Morgan fingerprint density at radius 1 is 1.19 bits per heavy atom. The number of carbonyl (C=O) groups is 1. The number of carbonyl (C=O) groups excluding carboxylic acids is 1. The first kappa shape index (κ1) is 22.1. The Bertz CT molecular complexity index is 1090. The van der Waals surface area contributed by atoms with Crippen LogP contribution < -0.4 is 9.47 Å². The highest BCUT2D eigenvalue weighted by Gasteiger charge is 2.34. The van der Waals surface area contributed by atoms with E-state index in [2.05, 4.69) is 4.98 Å². The molecule has 0 unspecified atom stereocenters. The van der Waals surface area contributed by atoms with Gasteiger partial charge in [0.25, 0.3) is 0 Å². The van der Waals surface area contributed by atoms with E-state index in [0.717, 1.165) is 0 Å². The van der Waals surface area contributed by atoms with E-state index in [4.69, 9.17) is 37.4 Å². The molecule has 166 valence electrons. The maximum atomic E-state index is 12.8. The molecule has 0 aliphatic carbocycles. The Balaban J connectivity index is 1.34. The third-order valence-corrected chi connectivity index (χ3v) is 7.79. The second kappa shape index (κ2) is 9.20. The molecule has 2 aromatic rings. The monoisotopic (exact) mass is 486 g/mol. The van der Waals surface area contributed by atoms with Crippen LogP contribution in [-0.2, 0) is 26.2 Å². The van der Waals surface area contributed by atoms with E-state index in [1.54, 1.807) is 12.1 Å². The maximum Gasteiger partial charge on any atom is 0.309 e. The van der Waals surface area contributed by atoms with Gasteiger partial charge >= 0.3 is 5.97 Å². The van der Waals surface area contributed by atoms with Crippen LogP contribution in [0.5, 0.6) is 11.5 Å². The Morgan fingerprint density at radius 3 is 2.68 bits per heavy atom. The fraction of sp³-hybridized carbons (Fsp3) is 0.400. The zero-order valence-corrected chi connectivity index (χ0v) is 18.8. The predicted molar refractivity (Wildman–Crippen MR) is 113 cm³/mol. The highest BCUT2D eigenvalue weighted by molar-refractivity contribution is 7.89. The van der Waals surface area contributed by atoms with E-state index in [1.807, 2.05) is 0 Å². The maximum absolute atomic E-state index is 12.8. The van der Waals surface area contributed by atoms with E-state index in [1.165, 1.54) is 22.6 Å². The summed E-state index contributed by atoms with van der Waals surface area (Å²) in [6, 6.07) is 6.35. The van der Waals surface area contributed by atoms with Gasteiger partial charge in [0.2, 0.25) is 10.0 Å². The van der Waals surface area contributed by atoms with Gasteiger partial charge in [-0.15, -0.1) is 0 Å². The minimum Gasteiger partial charge on any atom is -0.486 e. The van der Waals surface area contributed by atoms with E-state index in [-0.39, 0.29) is 41.6 Å². The van der Waals surface area contributed by atoms with E-state index in [0.29, 0.717) is 48.1 Å². The van der Waals surface area contributed by atoms with Gasteiger partial charge in [-0.05, 0) is 42.7 Å². The summed E-state index contributed by atoms with van der Waals surface area (Å²) in [5.74, 6) is 0.258. The number of hydrogen-bond donors (Lipinski definition) is 0. The molecule has 2 aliphatic rings. The summed E-state index contributed by atoms with van der Waals surface area (Å²) < 4.78 is 43.4. The summed E-state index contributed by atoms with van der Waals surface area (Å²) in [5, 5.41) is 0.331. The Morgan fingerprint density at radius 2 is 1.94 bits per heavy atom. The number of ether oxygens (including phenoxy) is 3. The van der Waals surface area contributed by atoms with Gasteiger partial charge in [0.1, 0.15) is 29.9 Å². The van der Waals surface area contributed by atoms with Crippen molar-refractivity contribution < 1.29 is 27.4 Å². The number of sulfonamides is 1. The standard InChI is InChI=1S/C20H20Cl2N2O6S/c21-15-10-13(11-16-18(15)29-9-8-28-16)12-30-20(25)14-3-6-24(7-4-14)31(26,27)17-2-1-5-23-19(17)22/h1-2,5,10-11,14H,3-4,6-9,12H2. The smallest absolute Gasteiger partial charge is 0.309 e. The van der Waals surface area contributed by atoms with Crippen molar-refractivity contribution in [2.75, 3.05) is 26.3 Å². The van der Waals surface area contributed by atoms with Crippen LogP contribution in [0.2, 0.25) is 10.2 Å². The summed E-state index contributed by atoms with van der Waals surface area (Å²) in [6.07, 6.45) is 2.15. The molecule has 4 rings (SSSR count). The highest BCUT2D eigenvalue weighted by atomic mass is 35.5. The highest BCUT2D eigenvalue weighted by Crippen LogP contribution is 2.38. The molecule has 0 atom stereocenters. The molecule has 0 saturated carbocycles. The molecule has 11 heteroatoms. The van der Waals surface area contributed by atoms with E-state index < -0.39 is 10.0 Å². The number of rotatable bonds is 5. The number of esters is 1. The molecule has 1 aromatic heterocycles. The second-order valence-corrected chi connectivity index (χ2v) is 9.85. The van der Waals surface area contributed by atoms with Gasteiger partial charge in [-0.3, -0.25) is 4.79 Å². The molecular formula is C20H20Cl2N2O6S. The molecule has 0 spiro atoms. The molecule has 1 aromatic carbocycles. The van der Waals surface area contributed by atoms with Gasteiger partial charge in [0, 0.05) is 19.3 Å². The lowest BCUT2D eigenvalue weighted by molar-refractivity contribution is -0.151. The van der Waals surface area contributed by atoms with Gasteiger partial charge in [-0.1, -0.05) is 23.2 Å². The van der Waals surface area contributed by atoms with Gasteiger partial charge in [0.15, 0.2) is 11.5 Å². The number of aromatic nitrogens is 1. The van der Waals surface area contributed by atoms with Crippen LogP contribution in [-0.4, -0.2) is 50.0 Å². The molecule has 0 amide bonds. The van der Waals surface area contributed by atoms with Gasteiger partial charge in [-0.25, -0.2) is 13.4 Å². The first-order chi connectivity index (χ1) is 14.9. The van der Waals surface area contributed by atoms with Crippen molar-refractivity contribution in [1.82, 2.24) is 9.29 Å². The Labute approximate surface area is 190 Å². The Kier molecular flexibility index (Phi) is 6.57. The molecule has 31 heavy (non-hydrogen) atoms. The zero-order valence-electron chi connectivity index (χ0n) is 16.4. The van der Waals surface area contributed by atoms with Crippen molar-refractivity contribution in [1.29, 1.82) is 0 Å². The number of benzene rings is 1. The lowest BCUT2D eigenvalue weighted by Gasteiger charge is -2.30. The van der Waals surface area contributed by atoms with Gasteiger partial charge < -0.3 is 14.2 Å². The van der Waals surface area contributed by atoms with Crippen LogP contribution >= 0.6 is 23.2 Å². The lowest BCUT2D eigenvalue weighted by atomic mass is 9.98. The van der Waals surface area contributed by atoms with Crippen LogP contribution in [0.25, 0.3) is 0 Å². The molecule has 3 heterocycles. The van der Waals surface area contributed by atoms with Crippen LogP contribution in [0.4, 0.5) is 0 Å². The molecule has 0 N–H and O–H groups in total. The van der Waals surface area contributed by atoms with Crippen molar-refractivity contribution in [2.24, 2.45) is 5.92 Å². The average molecular weight is 487 g/mol. The minimum absolute atomic E-state index is 0.0341. The third kappa shape index (κ3) is 4.74. The number of halogens is 2. The van der Waals surface area contributed by atoms with Gasteiger partial charge in [-0.2, -0.15) is 4.31 Å². The number of fused-ring (bicyclic) bond motifs is 1. The fourth-order valence-electron chi connectivity index (χ4n) is 3.55. The van der Waals surface area contributed by atoms with Crippen molar-refractivity contribution in [3.05, 3.63) is 46.2 Å². The molecule has 2 aliphatic heterocycles. The summed E-state index contributed by atoms with van der Waals surface area (Å²) >= 11 is 12.2. The van der Waals surface area contributed by atoms with Crippen molar-refractivity contribution in [3.8, 4) is 11.5 Å². The minimum atomic E-state index is -3.76. The molecular weight excluding hydrogens is 467 g/mol. The summed E-state index contributed by atoms with van der Waals surface area (Å²) in [5.41, 5.74) is 0.689. The van der Waals surface area contributed by atoms with Crippen molar-refractivity contribution in [2.45, 2.75) is 24.3 Å². The number of nitrogens with zero attached hydrogens (tertiary/aromatic N) is 2. The first-order valence-electron chi connectivity index (χ1n) is 9.71. The number of piperidine rings is 1. The summed E-state index contributed by atoms with van der Waals surface area (Å²) in [6.45, 7) is 1.30. The fourth-order valence-corrected chi connectivity index (χ4v) is 5.74. The second-order valence-electron chi connectivity index (χ2n) is 7.18. The lowest BCUT2D eigenvalue weighted by Crippen LogP contribution is -2.40. The van der Waals surface area contributed by atoms with Gasteiger partial charge in [0.05, 0.1) is 10.9 Å². The Hall–Kier alpha value is -2.07. The molecule has 0 radical (unpaired) electrons. The first-order valence-corrected chi connectivity index (χ1v) is 11.9. The third-order valence-electron chi connectivity index (χ3n) is 5.17. The SMILES string of the molecule is O=C(OCc1cc(Cl)c2c(c1)OCCO2)C1CCN(S(=O)(=O)c2cccnc2Cl)CC1. The quantitative estimate of drug-likeness (QED) is 0.472. The zero-order chi connectivity index (χ0) is 22.0. The average Bonchev–Trinajstić information content (AvgIpc) is 2.78. The largest absolute Gasteiger partial charge is 0.486 e. The number of hydrogen-bond acceptors (Lipinski definition) is 7. The van der Waals surface area contributed by atoms with E-state index in [9.17, 15) is 13.2 Å². The van der Waals surface area contributed by atoms with Crippen LogP contribution in [0.1, 0.15) is 18.4 Å².